The molecule has 0 aliphatic rings. The molecule has 3 aromatic carbocycles. The standard InChI is InChI=1S/C24H25NO2/c1-16-9-11-21(17(2)13-16)24(15-18(3)26,19-7-5-4-6-8-19)20-10-12-23(27)22(25)14-20/h4-14,27H,15,25H2,1-3H3. The summed E-state index contributed by atoms with van der Waals surface area (Å²) in [7, 11) is 0. The second kappa shape index (κ2) is 7.28. The van der Waals surface area contributed by atoms with Gasteiger partial charge in [-0.15, -0.1) is 0 Å². The molecule has 3 N–H and O–H groups in total. The first-order valence-corrected chi connectivity index (χ1v) is 9.06. The third kappa shape index (κ3) is 3.45. The summed E-state index contributed by atoms with van der Waals surface area (Å²) >= 11 is 0. The molecule has 0 radical (unpaired) electrons. The maximum Gasteiger partial charge on any atom is 0.138 e. The first-order chi connectivity index (χ1) is 12.8. The lowest BCUT2D eigenvalue weighted by Crippen LogP contribution is -2.32. The number of carbonyl (C=O) groups is 1. The quantitative estimate of drug-likeness (QED) is 0.387. The van der Waals surface area contributed by atoms with E-state index in [1.807, 2.05) is 36.4 Å². The van der Waals surface area contributed by atoms with Gasteiger partial charge in [0.1, 0.15) is 11.5 Å². The van der Waals surface area contributed by atoms with Crippen molar-refractivity contribution in [2.75, 3.05) is 5.73 Å². The van der Waals surface area contributed by atoms with Crippen LogP contribution in [0.4, 0.5) is 5.69 Å². The predicted octanol–water partition coefficient (Wildman–Crippen LogP) is 4.90. The van der Waals surface area contributed by atoms with Crippen LogP contribution in [0.25, 0.3) is 0 Å². The zero-order chi connectivity index (χ0) is 19.6. The minimum atomic E-state index is -0.674. The Balaban J connectivity index is 2.41. The molecule has 1 atom stereocenters. The molecule has 3 rings (SSSR count). The zero-order valence-corrected chi connectivity index (χ0v) is 16.0. The lowest BCUT2D eigenvalue weighted by molar-refractivity contribution is -0.117. The van der Waals surface area contributed by atoms with E-state index in [-0.39, 0.29) is 11.5 Å². The van der Waals surface area contributed by atoms with Crippen molar-refractivity contribution in [1.82, 2.24) is 0 Å². The van der Waals surface area contributed by atoms with Gasteiger partial charge in [-0.2, -0.15) is 0 Å². The van der Waals surface area contributed by atoms with Crippen LogP contribution in [-0.4, -0.2) is 10.9 Å². The van der Waals surface area contributed by atoms with E-state index in [2.05, 4.69) is 32.0 Å². The van der Waals surface area contributed by atoms with Gasteiger partial charge in [0.05, 0.1) is 11.1 Å². The number of anilines is 1. The largest absolute Gasteiger partial charge is 0.506 e. The Morgan fingerprint density at radius 3 is 2.26 bits per heavy atom. The van der Waals surface area contributed by atoms with Gasteiger partial charge in [-0.1, -0.05) is 60.2 Å². The monoisotopic (exact) mass is 359 g/mol. The van der Waals surface area contributed by atoms with Crippen molar-refractivity contribution in [3.63, 3.8) is 0 Å². The van der Waals surface area contributed by atoms with Gasteiger partial charge in [0.25, 0.3) is 0 Å². The van der Waals surface area contributed by atoms with E-state index in [9.17, 15) is 9.90 Å². The van der Waals surface area contributed by atoms with Gasteiger partial charge in [-0.3, -0.25) is 4.79 Å². The molecule has 0 aliphatic carbocycles. The number of benzene rings is 3. The van der Waals surface area contributed by atoms with E-state index in [0.29, 0.717) is 12.1 Å². The number of nitrogens with two attached hydrogens (primary N) is 1. The molecular formula is C24H25NO2. The van der Waals surface area contributed by atoms with Crippen LogP contribution in [0.3, 0.4) is 0 Å². The Morgan fingerprint density at radius 1 is 0.963 bits per heavy atom. The number of ketones is 1. The van der Waals surface area contributed by atoms with Crippen molar-refractivity contribution in [3.8, 4) is 5.75 Å². The molecular weight excluding hydrogens is 334 g/mol. The second-order valence-electron chi connectivity index (χ2n) is 7.24. The Hall–Kier alpha value is -3.07. The van der Waals surface area contributed by atoms with Gasteiger partial charge in [-0.25, -0.2) is 0 Å². The number of carbonyl (C=O) groups excluding carboxylic acids is 1. The summed E-state index contributed by atoms with van der Waals surface area (Å²) in [6.45, 7) is 5.75. The highest BCUT2D eigenvalue weighted by Crippen LogP contribution is 2.45. The maximum atomic E-state index is 12.4. The van der Waals surface area contributed by atoms with Gasteiger partial charge in [0, 0.05) is 6.42 Å². The predicted molar refractivity (Wildman–Crippen MR) is 110 cm³/mol. The lowest BCUT2D eigenvalue weighted by Gasteiger charge is -2.37. The first kappa shape index (κ1) is 18.7. The van der Waals surface area contributed by atoms with Crippen LogP contribution in [0, 0.1) is 13.8 Å². The SMILES string of the molecule is CC(=O)CC(c1ccccc1)(c1ccc(O)c(N)c1)c1ccc(C)cc1C. The number of Topliss-reactive ketones (excluding diaryl/α,β-unsaturated/α-hetero) is 1. The average Bonchev–Trinajstić information content (AvgIpc) is 2.63. The van der Waals surface area contributed by atoms with E-state index in [1.165, 1.54) is 5.56 Å². The third-order valence-corrected chi connectivity index (χ3v) is 5.14. The van der Waals surface area contributed by atoms with Crippen molar-refractivity contribution >= 4 is 11.5 Å². The van der Waals surface area contributed by atoms with E-state index in [0.717, 1.165) is 22.3 Å². The number of hydrogen-bond donors (Lipinski definition) is 2. The topological polar surface area (TPSA) is 63.3 Å². The Morgan fingerprint density at radius 2 is 1.67 bits per heavy atom. The average molecular weight is 359 g/mol. The van der Waals surface area contributed by atoms with Crippen LogP contribution in [0.1, 0.15) is 41.2 Å². The fourth-order valence-electron chi connectivity index (χ4n) is 3.99. The molecule has 138 valence electrons. The molecule has 3 nitrogen and oxygen atoms in total. The van der Waals surface area contributed by atoms with Crippen molar-refractivity contribution in [3.05, 3.63) is 94.5 Å². The molecule has 3 aromatic rings. The number of aromatic hydroxyl groups is 1. The summed E-state index contributed by atoms with van der Waals surface area (Å²) in [6.07, 6.45) is 0.311. The normalized spacial score (nSPS) is 13.1. The zero-order valence-electron chi connectivity index (χ0n) is 16.0. The summed E-state index contributed by atoms with van der Waals surface area (Å²) in [5.74, 6) is 0.134. The fourth-order valence-corrected chi connectivity index (χ4v) is 3.99. The van der Waals surface area contributed by atoms with Crippen molar-refractivity contribution < 1.29 is 9.90 Å². The minimum absolute atomic E-state index is 0.0455. The van der Waals surface area contributed by atoms with Crippen molar-refractivity contribution in [2.24, 2.45) is 0 Å². The van der Waals surface area contributed by atoms with E-state index >= 15 is 0 Å². The Labute approximate surface area is 160 Å². The summed E-state index contributed by atoms with van der Waals surface area (Å²) < 4.78 is 0. The summed E-state index contributed by atoms with van der Waals surface area (Å²) in [6, 6.07) is 21.6. The van der Waals surface area contributed by atoms with Gasteiger partial charge < -0.3 is 10.8 Å². The molecule has 0 bridgehead atoms. The molecule has 3 heteroatoms. The lowest BCUT2D eigenvalue weighted by atomic mass is 9.65. The molecule has 0 fully saturated rings. The number of hydrogen-bond acceptors (Lipinski definition) is 3. The Kier molecular flexibility index (Phi) is 5.04. The van der Waals surface area contributed by atoms with Crippen LogP contribution in [-0.2, 0) is 10.2 Å². The van der Waals surface area contributed by atoms with Crippen molar-refractivity contribution in [2.45, 2.75) is 32.6 Å². The van der Waals surface area contributed by atoms with Crippen LogP contribution >= 0.6 is 0 Å². The first-order valence-electron chi connectivity index (χ1n) is 9.06. The Bertz CT molecular complexity index is 979. The van der Waals surface area contributed by atoms with E-state index in [4.69, 9.17) is 5.73 Å². The second-order valence-corrected chi connectivity index (χ2v) is 7.24. The summed E-state index contributed by atoms with van der Waals surface area (Å²) in [4.78, 5) is 12.4. The van der Waals surface area contributed by atoms with Gasteiger partial charge in [-0.05, 0) is 55.2 Å². The third-order valence-electron chi connectivity index (χ3n) is 5.14. The molecule has 0 saturated heterocycles. The van der Waals surface area contributed by atoms with Gasteiger partial charge in [0.15, 0.2) is 0 Å². The molecule has 0 aromatic heterocycles. The molecule has 0 saturated carbocycles. The molecule has 27 heavy (non-hydrogen) atoms. The van der Waals surface area contributed by atoms with Crippen LogP contribution < -0.4 is 5.73 Å². The number of phenols is 1. The number of phenolic OH excluding ortho intramolecular Hbond substituents is 1. The molecule has 0 amide bonds. The van der Waals surface area contributed by atoms with Crippen LogP contribution in [0.5, 0.6) is 5.75 Å². The highest BCUT2D eigenvalue weighted by molar-refractivity contribution is 5.80. The van der Waals surface area contributed by atoms with E-state index < -0.39 is 5.41 Å². The van der Waals surface area contributed by atoms with Crippen LogP contribution in [0.2, 0.25) is 0 Å². The van der Waals surface area contributed by atoms with Gasteiger partial charge in [0.2, 0.25) is 0 Å². The van der Waals surface area contributed by atoms with Crippen molar-refractivity contribution in [1.29, 1.82) is 0 Å². The van der Waals surface area contributed by atoms with Gasteiger partial charge >= 0.3 is 0 Å². The number of rotatable bonds is 5. The van der Waals surface area contributed by atoms with Crippen LogP contribution in [0.15, 0.2) is 66.7 Å². The molecule has 0 heterocycles. The minimum Gasteiger partial charge on any atom is -0.506 e. The highest BCUT2D eigenvalue weighted by Gasteiger charge is 2.39. The maximum absolute atomic E-state index is 12.4. The number of aryl methyl sites for hydroxylation is 2. The summed E-state index contributed by atoms with van der Waals surface area (Å²) in [5.41, 5.74) is 10.9. The number of nitrogen functional groups attached to an aromatic ring is 1. The van der Waals surface area contributed by atoms with E-state index in [1.54, 1.807) is 19.1 Å². The summed E-state index contributed by atoms with van der Waals surface area (Å²) in [5, 5.41) is 9.93. The molecule has 0 aliphatic heterocycles. The smallest absolute Gasteiger partial charge is 0.138 e. The molecule has 1 unspecified atom stereocenters. The molecule has 0 spiro atoms. The highest BCUT2D eigenvalue weighted by atomic mass is 16.3. The fraction of sp³-hybridized carbons (Fsp3) is 0.208.